The molecule has 1 amide bonds. The molecule has 0 radical (unpaired) electrons. The van der Waals surface area contributed by atoms with E-state index in [1.807, 2.05) is 50.3 Å². The molecule has 1 unspecified atom stereocenters. The summed E-state index contributed by atoms with van der Waals surface area (Å²) < 4.78 is 0. The van der Waals surface area contributed by atoms with Crippen LogP contribution in [0.15, 0.2) is 24.3 Å². The summed E-state index contributed by atoms with van der Waals surface area (Å²) in [4.78, 5) is 16.9. The first-order chi connectivity index (χ1) is 10.1. The number of carbonyl (C=O) groups excluding carboxylic acids is 1. The topological polar surface area (TPSA) is 35.6 Å². The molecule has 2 rings (SSSR count). The van der Waals surface area contributed by atoms with Gasteiger partial charge in [0.15, 0.2) is 0 Å². The second-order valence-electron chi connectivity index (χ2n) is 5.98. The van der Waals surface area contributed by atoms with Crippen LogP contribution < -0.4 is 10.2 Å². The molecule has 1 N–H and O–H groups in total. The molecule has 0 aliphatic carbocycles. The predicted molar refractivity (Wildman–Crippen MR) is 88.0 cm³/mol. The first-order valence-electron chi connectivity index (χ1n) is 7.86. The molecule has 1 fully saturated rings. The molecule has 1 aromatic carbocycles. The van der Waals surface area contributed by atoms with Crippen LogP contribution in [0.3, 0.4) is 0 Å². The highest BCUT2D eigenvalue weighted by Crippen LogP contribution is 2.22. The maximum absolute atomic E-state index is 12.7. The number of hydrogen-bond donors (Lipinski definition) is 1. The lowest BCUT2D eigenvalue weighted by Crippen LogP contribution is -2.44. The van der Waals surface area contributed by atoms with E-state index in [0.717, 1.165) is 43.6 Å². The molecule has 1 aliphatic heterocycles. The molecule has 4 nitrogen and oxygen atoms in total. The first-order valence-corrected chi connectivity index (χ1v) is 7.86. The van der Waals surface area contributed by atoms with Crippen molar-refractivity contribution in [3.05, 3.63) is 29.8 Å². The van der Waals surface area contributed by atoms with Gasteiger partial charge in [-0.15, -0.1) is 0 Å². The van der Waals surface area contributed by atoms with E-state index in [0.29, 0.717) is 6.04 Å². The third kappa shape index (κ3) is 3.97. The Hall–Kier alpha value is -1.55. The summed E-state index contributed by atoms with van der Waals surface area (Å²) in [6.07, 6.45) is 4.52. The van der Waals surface area contributed by atoms with Crippen LogP contribution in [0.25, 0.3) is 0 Å². The van der Waals surface area contributed by atoms with Crippen molar-refractivity contribution in [1.29, 1.82) is 0 Å². The van der Waals surface area contributed by atoms with E-state index in [2.05, 4.69) is 10.2 Å². The summed E-state index contributed by atoms with van der Waals surface area (Å²) in [5.41, 5.74) is 1.92. The van der Waals surface area contributed by atoms with Crippen LogP contribution in [0.2, 0.25) is 0 Å². The Balaban J connectivity index is 2.08. The maximum Gasteiger partial charge on any atom is 0.254 e. The molecule has 21 heavy (non-hydrogen) atoms. The summed E-state index contributed by atoms with van der Waals surface area (Å²) in [6.45, 7) is 1.86. The lowest BCUT2D eigenvalue weighted by molar-refractivity contribution is 0.0602. The van der Waals surface area contributed by atoms with Crippen molar-refractivity contribution in [3.8, 4) is 0 Å². The number of nitrogens with one attached hydrogen (secondary N) is 1. The van der Waals surface area contributed by atoms with E-state index in [1.165, 1.54) is 6.42 Å². The van der Waals surface area contributed by atoms with Gasteiger partial charge in [-0.3, -0.25) is 4.79 Å². The summed E-state index contributed by atoms with van der Waals surface area (Å²) in [5.74, 6) is 0.182. The Morgan fingerprint density at radius 2 is 2.00 bits per heavy atom. The minimum atomic E-state index is 0.182. The number of hydrogen-bond acceptors (Lipinski definition) is 3. The first kappa shape index (κ1) is 15.8. The number of anilines is 1. The highest BCUT2D eigenvalue weighted by molar-refractivity contribution is 5.94. The molecule has 116 valence electrons. The third-order valence-electron chi connectivity index (χ3n) is 4.25. The van der Waals surface area contributed by atoms with Crippen molar-refractivity contribution in [3.63, 3.8) is 0 Å². The zero-order chi connectivity index (χ0) is 15.2. The molecule has 1 atom stereocenters. The Kier molecular flexibility index (Phi) is 5.62. The van der Waals surface area contributed by atoms with Gasteiger partial charge in [0.05, 0.1) is 0 Å². The number of benzene rings is 1. The molecule has 1 heterocycles. The predicted octanol–water partition coefficient (Wildman–Crippen LogP) is 2.36. The molecular weight excluding hydrogens is 262 g/mol. The van der Waals surface area contributed by atoms with Gasteiger partial charge in [0, 0.05) is 37.9 Å². The number of likely N-dealkylation sites (tertiary alicyclic amines) is 1. The zero-order valence-electron chi connectivity index (χ0n) is 13.4. The van der Waals surface area contributed by atoms with Crippen molar-refractivity contribution in [2.75, 3.05) is 39.1 Å². The Morgan fingerprint density at radius 3 is 2.62 bits per heavy atom. The van der Waals surface area contributed by atoms with E-state index in [1.54, 1.807) is 0 Å². The molecule has 0 aromatic heterocycles. The average Bonchev–Trinajstić information content (AvgIpc) is 2.52. The van der Waals surface area contributed by atoms with E-state index in [4.69, 9.17) is 0 Å². The monoisotopic (exact) mass is 289 g/mol. The zero-order valence-corrected chi connectivity index (χ0v) is 13.4. The number of piperidine rings is 1. The second kappa shape index (κ2) is 7.46. The number of nitrogens with zero attached hydrogens (tertiary/aromatic N) is 2. The van der Waals surface area contributed by atoms with Gasteiger partial charge in [0.2, 0.25) is 0 Å². The van der Waals surface area contributed by atoms with Crippen LogP contribution in [0.1, 0.15) is 36.0 Å². The van der Waals surface area contributed by atoms with Gasteiger partial charge in [0.25, 0.3) is 5.91 Å². The van der Waals surface area contributed by atoms with Gasteiger partial charge in [-0.25, -0.2) is 0 Å². The van der Waals surface area contributed by atoms with Crippen molar-refractivity contribution >= 4 is 11.6 Å². The van der Waals surface area contributed by atoms with Gasteiger partial charge in [-0.05, 0) is 63.5 Å². The molecule has 4 heteroatoms. The SMILES string of the molecule is CNCCC1CCCCN1C(=O)c1ccc(N(C)C)cc1. The molecule has 0 saturated carbocycles. The molecule has 0 bridgehead atoms. The molecule has 1 aromatic rings. The number of rotatable bonds is 5. The number of amides is 1. The Morgan fingerprint density at radius 1 is 1.29 bits per heavy atom. The van der Waals surface area contributed by atoms with Crippen LogP contribution >= 0.6 is 0 Å². The van der Waals surface area contributed by atoms with Crippen LogP contribution in [0.4, 0.5) is 5.69 Å². The van der Waals surface area contributed by atoms with Gasteiger partial charge in [-0.2, -0.15) is 0 Å². The van der Waals surface area contributed by atoms with E-state index in [9.17, 15) is 4.79 Å². The minimum absolute atomic E-state index is 0.182. The molecule has 1 aliphatic rings. The third-order valence-corrected chi connectivity index (χ3v) is 4.25. The summed E-state index contributed by atoms with van der Waals surface area (Å²) >= 11 is 0. The van der Waals surface area contributed by atoms with Gasteiger partial charge in [0.1, 0.15) is 0 Å². The van der Waals surface area contributed by atoms with E-state index in [-0.39, 0.29) is 5.91 Å². The average molecular weight is 289 g/mol. The quantitative estimate of drug-likeness (QED) is 0.904. The standard InChI is InChI=1S/C17H27N3O/c1-18-12-11-16-6-4-5-13-20(16)17(21)14-7-9-15(10-8-14)19(2)3/h7-10,16,18H,4-6,11-13H2,1-3H3. The van der Waals surface area contributed by atoms with Crippen molar-refractivity contribution in [1.82, 2.24) is 10.2 Å². The van der Waals surface area contributed by atoms with Crippen LogP contribution in [0, 0.1) is 0 Å². The second-order valence-corrected chi connectivity index (χ2v) is 5.98. The lowest BCUT2D eigenvalue weighted by atomic mass is 9.98. The highest BCUT2D eigenvalue weighted by atomic mass is 16.2. The smallest absolute Gasteiger partial charge is 0.254 e. The maximum atomic E-state index is 12.7. The van der Waals surface area contributed by atoms with Crippen molar-refractivity contribution in [2.24, 2.45) is 0 Å². The molecule has 0 spiro atoms. The summed E-state index contributed by atoms with van der Waals surface area (Å²) in [6, 6.07) is 8.30. The normalized spacial score (nSPS) is 18.6. The van der Waals surface area contributed by atoms with Gasteiger partial charge in [-0.1, -0.05) is 0 Å². The van der Waals surface area contributed by atoms with Crippen LogP contribution in [-0.4, -0.2) is 51.1 Å². The van der Waals surface area contributed by atoms with Crippen molar-refractivity contribution in [2.45, 2.75) is 31.7 Å². The summed E-state index contributed by atoms with van der Waals surface area (Å²) in [5, 5.41) is 3.19. The number of carbonyl (C=O) groups is 1. The fraction of sp³-hybridized carbons (Fsp3) is 0.588. The largest absolute Gasteiger partial charge is 0.378 e. The Bertz CT molecular complexity index is 456. The van der Waals surface area contributed by atoms with Gasteiger partial charge < -0.3 is 15.1 Å². The Labute approximate surface area is 128 Å². The minimum Gasteiger partial charge on any atom is -0.378 e. The fourth-order valence-electron chi connectivity index (χ4n) is 2.95. The van der Waals surface area contributed by atoms with Gasteiger partial charge >= 0.3 is 0 Å². The van der Waals surface area contributed by atoms with Crippen molar-refractivity contribution < 1.29 is 4.79 Å². The van der Waals surface area contributed by atoms with Crippen LogP contribution in [0.5, 0.6) is 0 Å². The lowest BCUT2D eigenvalue weighted by Gasteiger charge is -2.36. The molecule has 1 saturated heterocycles. The molecular formula is C17H27N3O. The van der Waals surface area contributed by atoms with Crippen LogP contribution in [-0.2, 0) is 0 Å². The highest BCUT2D eigenvalue weighted by Gasteiger charge is 2.26. The van der Waals surface area contributed by atoms with E-state index < -0.39 is 0 Å². The summed E-state index contributed by atoms with van der Waals surface area (Å²) in [7, 11) is 5.99. The van der Waals surface area contributed by atoms with E-state index >= 15 is 0 Å². The fourth-order valence-corrected chi connectivity index (χ4v) is 2.95.